The number of fused-ring (bicyclic) bond motifs is 4. The molecule has 0 fully saturated rings. The number of carbonyl (C=O) groups excluding carboxylic acids is 3. The van der Waals surface area contributed by atoms with E-state index in [4.69, 9.17) is 15.2 Å². The first-order chi connectivity index (χ1) is 26.7. The molecule has 4 aromatic carbocycles. The Balaban J connectivity index is 0.976. The minimum Gasteiger partial charge on any atom is -0.480 e. The Labute approximate surface area is 314 Å². The standard InChI is InChI=1S/C40H36N8O7/c41-36-34-37(45-38(44-36)46-40(53)55-35(25-11-3-1-4-12-25)26-13-5-2-6-14-26)48(24-43-34)21-32(49)47(22-33(50)51)20-19-42-39(52)54-23-31-29-17-9-7-15-27(29)28-16-8-10-18-30(28)31/h1-18,24,31,35H,19-23H2,(H,42,52)(H,50,51)(H3,41,44,45,46,53). The second kappa shape index (κ2) is 16.2. The first-order valence-electron chi connectivity index (χ1n) is 17.4. The molecule has 55 heavy (non-hydrogen) atoms. The van der Waals surface area contributed by atoms with Crippen molar-refractivity contribution in [2.45, 2.75) is 18.6 Å². The molecule has 2 aromatic heterocycles. The van der Waals surface area contributed by atoms with E-state index in [0.717, 1.165) is 38.3 Å². The molecule has 278 valence electrons. The number of ether oxygens (including phenoxy) is 2. The van der Waals surface area contributed by atoms with Crippen molar-refractivity contribution in [1.82, 2.24) is 29.7 Å². The molecule has 0 saturated heterocycles. The molecule has 0 bridgehead atoms. The van der Waals surface area contributed by atoms with Gasteiger partial charge >= 0.3 is 18.2 Å². The van der Waals surface area contributed by atoms with Crippen molar-refractivity contribution < 1.29 is 33.8 Å². The summed E-state index contributed by atoms with van der Waals surface area (Å²) in [7, 11) is 0. The smallest absolute Gasteiger partial charge is 0.414 e. The van der Waals surface area contributed by atoms with Crippen molar-refractivity contribution in [1.29, 1.82) is 0 Å². The molecule has 6 aromatic rings. The highest BCUT2D eigenvalue weighted by Crippen LogP contribution is 2.44. The van der Waals surface area contributed by atoms with Gasteiger partial charge in [0, 0.05) is 19.0 Å². The molecule has 0 unspecified atom stereocenters. The number of nitrogen functional groups attached to an aromatic ring is 1. The summed E-state index contributed by atoms with van der Waals surface area (Å²) in [4.78, 5) is 64.8. The Hall–Kier alpha value is -7.29. The summed E-state index contributed by atoms with van der Waals surface area (Å²) in [5.41, 5.74) is 12.3. The lowest BCUT2D eigenvalue weighted by Crippen LogP contribution is -2.42. The van der Waals surface area contributed by atoms with Crippen molar-refractivity contribution in [3.63, 3.8) is 0 Å². The van der Waals surface area contributed by atoms with Gasteiger partial charge in [-0.2, -0.15) is 9.97 Å². The van der Waals surface area contributed by atoms with Crippen LogP contribution >= 0.6 is 0 Å². The average molecular weight is 741 g/mol. The van der Waals surface area contributed by atoms with Gasteiger partial charge in [0.15, 0.2) is 17.6 Å². The summed E-state index contributed by atoms with van der Waals surface area (Å²) in [5.74, 6) is -2.24. The Kier molecular flexibility index (Phi) is 10.6. The van der Waals surface area contributed by atoms with E-state index in [1.165, 1.54) is 10.9 Å². The van der Waals surface area contributed by atoms with Crippen LogP contribution in [0.3, 0.4) is 0 Å². The Morgan fingerprint density at radius 3 is 2.04 bits per heavy atom. The number of benzene rings is 4. The minimum atomic E-state index is -1.24. The fourth-order valence-electron chi connectivity index (χ4n) is 6.59. The number of carboxylic acid groups (broad SMARTS) is 1. The van der Waals surface area contributed by atoms with Crippen molar-refractivity contribution in [2.75, 3.05) is 37.3 Å². The monoisotopic (exact) mass is 740 g/mol. The number of hydrogen-bond acceptors (Lipinski definition) is 10. The molecule has 3 amide bonds. The molecule has 15 nitrogen and oxygen atoms in total. The number of alkyl carbamates (subject to hydrolysis) is 1. The summed E-state index contributed by atoms with van der Waals surface area (Å²) >= 11 is 0. The summed E-state index contributed by atoms with van der Waals surface area (Å²) in [6.07, 6.45) is -0.972. The van der Waals surface area contributed by atoms with Crippen LogP contribution in [0.5, 0.6) is 0 Å². The highest BCUT2D eigenvalue weighted by Gasteiger charge is 2.29. The highest BCUT2D eigenvalue weighted by atomic mass is 16.6. The first kappa shape index (κ1) is 36.1. The molecule has 15 heteroatoms. The third kappa shape index (κ3) is 8.20. The van der Waals surface area contributed by atoms with Crippen molar-refractivity contribution in [3.8, 4) is 11.1 Å². The van der Waals surface area contributed by atoms with Crippen LogP contribution in [0.25, 0.3) is 22.3 Å². The number of aromatic nitrogens is 4. The topological polar surface area (TPSA) is 204 Å². The van der Waals surface area contributed by atoms with Crippen LogP contribution in [-0.2, 0) is 25.6 Å². The molecule has 0 radical (unpaired) electrons. The molecule has 1 aliphatic carbocycles. The number of amides is 3. The van der Waals surface area contributed by atoms with E-state index in [1.807, 2.05) is 109 Å². The number of nitrogens with zero attached hydrogens (tertiary/aromatic N) is 5. The molecule has 5 N–H and O–H groups in total. The van der Waals surface area contributed by atoms with E-state index in [-0.39, 0.29) is 55.1 Å². The van der Waals surface area contributed by atoms with E-state index < -0.39 is 36.7 Å². The van der Waals surface area contributed by atoms with Crippen molar-refractivity contribution >= 4 is 47.0 Å². The van der Waals surface area contributed by atoms with E-state index in [0.29, 0.717) is 0 Å². The van der Waals surface area contributed by atoms with Gasteiger partial charge in [-0.05, 0) is 33.4 Å². The van der Waals surface area contributed by atoms with E-state index in [1.54, 1.807) is 0 Å². The van der Waals surface area contributed by atoms with Gasteiger partial charge in [-0.25, -0.2) is 14.6 Å². The van der Waals surface area contributed by atoms with Gasteiger partial charge in [-0.15, -0.1) is 0 Å². The summed E-state index contributed by atoms with van der Waals surface area (Å²) in [6, 6.07) is 34.4. The molecule has 7 rings (SSSR count). The maximum absolute atomic E-state index is 13.4. The lowest BCUT2D eigenvalue weighted by atomic mass is 9.98. The zero-order valence-corrected chi connectivity index (χ0v) is 29.4. The number of rotatable bonds is 13. The predicted molar refractivity (Wildman–Crippen MR) is 202 cm³/mol. The van der Waals surface area contributed by atoms with Gasteiger partial charge in [0.25, 0.3) is 0 Å². The molecule has 0 atom stereocenters. The number of imidazole rings is 1. The van der Waals surface area contributed by atoms with Crippen LogP contribution < -0.4 is 16.4 Å². The van der Waals surface area contributed by atoms with Gasteiger partial charge in [0.2, 0.25) is 11.9 Å². The molecule has 2 heterocycles. The van der Waals surface area contributed by atoms with E-state index in [2.05, 4.69) is 25.6 Å². The first-order valence-corrected chi connectivity index (χ1v) is 17.4. The normalized spacial score (nSPS) is 11.8. The predicted octanol–water partition coefficient (Wildman–Crippen LogP) is 5.20. The maximum atomic E-state index is 13.4. The van der Waals surface area contributed by atoms with Gasteiger partial charge < -0.3 is 35.1 Å². The number of anilines is 2. The molecular formula is C40H36N8O7. The highest BCUT2D eigenvalue weighted by molar-refractivity contribution is 5.89. The molecule has 1 aliphatic rings. The Morgan fingerprint density at radius 1 is 0.818 bits per heavy atom. The second-order valence-corrected chi connectivity index (χ2v) is 12.7. The average Bonchev–Trinajstić information content (AvgIpc) is 3.75. The Bertz CT molecular complexity index is 2270. The van der Waals surface area contributed by atoms with Crippen LogP contribution in [0.2, 0.25) is 0 Å². The van der Waals surface area contributed by atoms with Crippen molar-refractivity contribution in [3.05, 3.63) is 138 Å². The van der Waals surface area contributed by atoms with Gasteiger partial charge in [-0.1, -0.05) is 109 Å². The van der Waals surface area contributed by atoms with Crippen LogP contribution in [0.1, 0.15) is 34.3 Å². The zero-order valence-electron chi connectivity index (χ0n) is 29.4. The SMILES string of the molecule is Nc1nc(NC(=O)OC(c2ccccc2)c2ccccc2)nc2c1ncn2CC(=O)N(CCNC(=O)OCC1c2ccccc2-c2ccccc21)CC(=O)O. The third-order valence-corrected chi connectivity index (χ3v) is 9.11. The molecule has 0 aliphatic heterocycles. The summed E-state index contributed by atoms with van der Waals surface area (Å²) < 4.78 is 12.7. The van der Waals surface area contributed by atoms with Gasteiger partial charge in [0.05, 0.1) is 6.33 Å². The van der Waals surface area contributed by atoms with E-state index >= 15 is 0 Å². The van der Waals surface area contributed by atoms with Crippen LogP contribution in [0, 0.1) is 0 Å². The van der Waals surface area contributed by atoms with Gasteiger partial charge in [-0.3, -0.25) is 14.9 Å². The number of hydrogen-bond donors (Lipinski definition) is 4. The fourth-order valence-corrected chi connectivity index (χ4v) is 6.59. The third-order valence-electron chi connectivity index (χ3n) is 9.11. The van der Waals surface area contributed by atoms with Gasteiger partial charge in [0.1, 0.15) is 25.2 Å². The summed E-state index contributed by atoms with van der Waals surface area (Å²) in [5, 5.41) is 14.7. The van der Waals surface area contributed by atoms with Crippen molar-refractivity contribution in [2.24, 2.45) is 0 Å². The molecule has 0 spiro atoms. The van der Waals surface area contributed by atoms with Crippen LogP contribution in [0.15, 0.2) is 116 Å². The zero-order chi connectivity index (χ0) is 38.3. The number of carbonyl (C=O) groups is 4. The lowest BCUT2D eigenvalue weighted by molar-refractivity contribution is -0.144. The lowest BCUT2D eigenvalue weighted by Gasteiger charge is -2.21. The largest absolute Gasteiger partial charge is 0.480 e. The minimum absolute atomic E-state index is 0.0659. The second-order valence-electron chi connectivity index (χ2n) is 12.7. The number of aliphatic carboxylic acids is 1. The molecular weight excluding hydrogens is 704 g/mol. The fraction of sp³-hybridized carbons (Fsp3) is 0.175. The summed E-state index contributed by atoms with van der Waals surface area (Å²) in [6.45, 7) is -1.09. The van der Waals surface area contributed by atoms with E-state index in [9.17, 15) is 24.3 Å². The van der Waals surface area contributed by atoms with Crippen LogP contribution in [-0.4, -0.2) is 79.8 Å². The Morgan fingerprint density at radius 2 is 1.42 bits per heavy atom. The maximum Gasteiger partial charge on any atom is 0.414 e. The number of carboxylic acids is 1. The quantitative estimate of drug-likeness (QED) is 0.121. The van der Waals surface area contributed by atoms with Crippen LogP contribution in [0.4, 0.5) is 21.4 Å². The number of nitrogens with two attached hydrogens (primary N) is 1. The molecule has 0 saturated carbocycles. The number of nitrogens with one attached hydrogen (secondary N) is 2.